The Bertz CT molecular complexity index is 1010. The van der Waals surface area contributed by atoms with Crippen molar-refractivity contribution >= 4 is 29.5 Å². The number of nitrogens with two attached hydrogens (primary N) is 1. The second-order valence-electron chi connectivity index (χ2n) is 8.21. The highest BCUT2D eigenvalue weighted by Crippen LogP contribution is 2.21. The third kappa shape index (κ3) is 7.15. The monoisotopic (exact) mass is 456 g/mol. The molecule has 0 fully saturated rings. The van der Waals surface area contributed by atoms with Crippen molar-refractivity contribution in [1.29, 1.82) is 0 Å². The number of anilines is 1. The molecule has 0 aliphatic heterocycles. The summed E-state index contributed by atoms with van der Waals surface area (Å²) >= 11 is 0. The van der Waals surface area contributed by atoms with Crippen molar-refractivity contribution in [2.24, 2.45) is 11.1 Å². The van der Waals surface area contributed by atoms with Crippen LogP contribution in [0.5, 0.6) is 0 Å². The molecule has 0 heterocycles. The third-order valence-corrected chi connectivity index (χ3v) is 4.60. The summed E-state index contributed by atoms with van der Waals surface area (Å²) in [5.41, 5.74) is 5.93. The number of ether oxygens (including phenoxy) is 3. The fourth-order valence-electron chi connectivity index (χ4n) is 2.80. The minimum atomic E-state index is -0.851. The number of nitrogens with one attached hydrogen (secondary N) is 1. The van der Waals surface area contributed by atoms with Gasteiger partial charge in [0.25, 0.3) is 0 Å². The van der Waals surface area contributed by atoms with Crippen molar-refractivity contribution in [2.45, 2.75) is 26.7 Å². The van der Waals surface area contributed by atoms with Crippen molar-refractivity contribution in [1.82, 2.24) is 0 Å². The second-order valence-corrected chi connectivity index (χ2v) is 8.21. The first kappa shape index (κ1) is 25.5. The van der Waals surface area contributed by atoms with Crippen LogP contribution in [0.15, 0.2) is 48.5 Å². The SMILES string of the molecule is COC(=O)c1cc(NC(=O)C(CN)c2ccccc2)cc(C(=O)OCOC(=O)C(C)(C)C)c1. The van der Waals surface area contributed by atoms with E-state index in [0.29, 0.717) is 0 Å². The molecule has 0 saturated heterocycles. The van der Waals surface area contributed by atoms with E-state index in [4.69, 9.17) is 19.9 Å². The molecule has 0 aliphatic rings. The van der Waals surface area contributed by atoms with Crippen LogP contribution in [0.2, 0.25) is 0 Å². The van der Waals surface area contributed by atoms with Crippen LogP contribution in [0.4, 0.5) is 5.69 Å². The molecular formula is C24H28N2O7. The van der Waals surface area contributed by atoms with Gasteiger partial charge in [0.15, 0.2) is 0 Å². The van der Waals surface area contributed by atoms with E-state index >= 15 is 0 Å². The highest BCUT2D eigenvalue weighted by Gasteiger charge is 2.24. The zero-order valence-corrected chi connectivity index (χ0v) is 19.0. The van der Waals surface area contributed by atoms with Gasteiger partial charge in [-0.05, 0) is 44.5 Å². The smallest absolute Gasteiger partial charge is 0.341 e. The Labute approximate surface area is 192 Å². The molecule has 2 aromatic rings. The zero-order chi connectivity index (χ0) is 24.6. The number of benzene rings is 2. The molecule has 1 unspecified atom stereocenters. The molecule has 2 aromatic carbocycles. The number of hydrogen-bond donors (Lipinski definition) is 2. The Hall–Kier alpha value is -3.72. The number of rotatable bonds is 8. The van der Waals surface area contributed by atoms with Gasteiger partial charge in [0.2, 0.25) is 12.7 Å². The first-order valence-corrected chi connectivity index (χ1v) is 10.2. The van der Waals surface area contributed by atoms with E-state index < -0.39 is 41.9 Å². The Morgan fingerprint density at radius 2 is 1.55 bits per heavy atom. The Morgan fingerprint density at radius 1 is 0.939 bits per heavy atom. The van der Waals surface area contributed by atoms with Gasteiger partial charge >= 0.3 is 17.9 Å². The summed E-state index contributed by atoms with van der Waals surface area (Å²) in [5, 5.41) is 2.68. The van der Waals surface area contributed by atoms with Crippen molar-refractivity contribution < 1.29 is 33.4 Å². The number of amides is 1. The fraction of sp³-hybridized carbons (Fsp3) is 0.333. The summed E-state index contributed by atoms with van der Waals surface area (Å²) in [6, 6.07) is 13.0. The van der Waals surface area contributed by atoms with Gasteiger partial charge < -0.3 is 25.3 Å². The van der Waals surface area contributed by atoms with Crippen LogP contribution in [0.25, 0.3) is 0 Å². The average Bonchev–Trinajstić information content (AvgIpc) is 2.78. The van der Waals surface area contributed by atoms with Gasteiger partial charge in [-0.25, -0.2) is 9.59 Å². The molecule has 0 bridgehead atoms. The van der Waals surface area contributed by atoms with Crippen LogP contribution in [-0.4, -0.2) is 44.3 Å². The first-order chi connectivity index (χ1) is 15.6. The average molecular weight is 456 g/mol. The van der Waals surface area contributed by atoms with Crippen LogP contribution in [0, 0.1) is 5.41 Å². The van der Waals surface area contributed by atoms with Crippen molar-refractivity contribution in [2.75, 3.05) is 25.8 Å². The molecule has 33 heavy (non-hydrogen) atoms. The van der Waals surface area contributed by atoms with Crippen LogP contribution < -0.4 is 11.1 Å². The maximum Gasteiger partial charge on any atom is 0.341 e. The van der Waals surface area contributed by atoms with Gasteiger partial charge in [0.1, 0.15) is 0 Å². The van der Waals surface area contributed by atoms with Gasteiger partial charge in [-0.15, -0.1) is 0 Å². The summed E-state index contributed by atoms with van der Waals surface area (Å²) in [4.78, 5) is 49.2. The highest BCUT2D eigenvalue weighted by molar-refractivity contribution is 6.01. The lowest BCUT2D eigenvalue weighted by atomic mass is 9.98. The van der Waals surface area contributed by atoms with Gasteiger partial charge in [-0.1, -0.05) is 30.3 Å². The summed E-state index contributed by atoms with van der Waals surface area (Å²) in [7, 11) is 1.19. The number of hydrogen-bond acceptors (Lipinski definition) is 8. The third-order valence-electron chi connectivity index (χ3n) is 4.60. The quantitative estimate of drug-likeness (QED) is 0.457. The normalized spacial score (nSPS) is 11.8. The maximum atomic E-state index is 12.8. The predicted molar refractivity (Wildman–Crippen MR) is 120 cm³/mol. The lowest BCUT2D eigenvalue weighted by Crippen LogP contribution is -2.27. The molecule has 9 heteroatoms. The van der Waals surface area contributed by atoms with Crippen LogP contribution in [0.1, 0.15) is 53.0 Å². The van der Waals surface area contributed by atoms with Crippen molar-refractivity contribution in [3.05, 3.63) is 65.2 Å². The molecule has 176 valence electrons. The Morgan fingerprint density at radius 3 is 2.09 bits per heavy atom. The van der Waals surface area contributed by atoms with E-state index in [1.54, 1.807) is 45.0 Å². The summed E-state index contributed by atoms with van der Waals surface area (Å²) in [5.74, 6) is -3.15. The van der Waals surface area contributed by atoms with Crippen LogP contribution in [-0.2, 0) is 23.8 Å². The molecule has 1 amide bonds. The standard InChI is InChI=1S/C24H28N2O7/c1-24(2,3)23(30)33-14-32-22(29)17-10-16(21(28)31-4)11-18(12-17)26-20(27)19(13-25)15-8-6-5-7-9-15/h5-12,19H,13-14,25H2,1-4H3,(H,26,27). The van der Waals surface area contributed by atoms with Crippen molar-refractivity contribution in [3.63, 3.8) is 0 Å². The summed E-state index contributed by atoms with van der Waals surface area (Å²) in [6.45, 7) is 4.45. The summed E-state index contributed by atoms with van der Waals surface area (Å²) in [6.07, 6.45) is 0. The Balaban J connectivity index is 2.22. The molecule has 0 saturated carbocycles. The van der Waals surface area contributed by atoms with Gasteiger partial charge in [-0.3, -0.25) is 9.59 Å². The molecule has 9 nitrogen and oxygen atoms in total. The van der Waals surface area contributed by atoms with Gasteiger partial charge in [-0.2, -0.15) is 0 Å². The van der Waals surface area contributed by atoms with Gasteiger partial charge in [0, 0.05) is 12.2 Å². The lowest BCUT2D eigenvalue weighted by molar-refractivity contribution is -0.161. The van der Waals surface area contributed by atoms with E-state index in [1.807, 2.05) is 6.07 Å². The lowest BCUT2D eigenvalue weighted by Gasteiger charge is -2.17. The van der Waals surface area contributed by atoms with Crippen LogP contribution in [0.3, 0.4) is 0 Å². The summed E-state index contributed by atoms with van der Waals surface area (Å²) < 4.78 is 14.6. The van der Waals surface area contributed by atoms with E-state index in [9.17, 15) is 19.2 Å². The Kier molecular flexibility index (Phi) is 8.70. The molecular weight excluding hydrogens is 428 g/mol. The minimum absolute atomic E-state index is 0.0259. The zero-order valence-electron chi connectivity index (χ0n) is 19.0. The first-order valence-electron chi connectivity index (χ1n) is 10.2. The van der Waals surface area contributed by atoms with E-state index in [-0.39, 0.29) is 23.4 Å². The van der Waals surface area contributed by atoms with Crippen LogP contribution >= 0.6 is 0 Å². The minimum Gasteiger partial charge on any atom is -0.465 e. The number of carbonyl (C=O) groups excluding carboxylic acids is 4. The molecule has 0 radical (unpaired) electrons. The number of methoxy groups -OCH3 is 1. The van der Waals surface area contributed by atoms with E-state index in [2.05, 4.69) is 5.32 Å². The predicted octanol–water partition coefficient (Wildman–Crippen LogP) is 2.86. The molecule has 1 atom stereocenters. The molecule has 2 rings (SSSR count). The molecule has 0 aliphatic carbocycles. The molecule has 3 N–H and O–H groups in total. The fourth-order valence-corrected chi connectivity index (χ4v) is 2.80. The molecule has 0 aromatic heterocycles. The highest BCUT2D eigenvalue weighted by atomic mass is 16.7. The topological polar surface area (TPSA) is 134 Å². The van der Waals surface area contributed by atoms with E-state index in [0.717, 1.165) is 5.56 Å². The largest absolute Gasteiger partial charge is 0.465 e. The molecule has 0 spiro atoms. The number of carbonyl (C=O) groups is 4. The number of esters is 3. The van der Waals surface area contributed by atoms with Crippen molar-refractivity contribution in [3.8, 4) is 0 Å². The van der Waals surface area contributed by atoms with Gasteiger partial charge in [0.05, 0.1) is 29.6 Å². The second kappa shape index (κ2) is 11.2. The maximum absolute atomic E-state index is 12.8. The van der Waals surface area contributed by atoms with E-state index in [1.165, 1.54) is 25.3 Å².